The van der Waals surface area contributed by atoms with Crippen molar-refractivity contribution in [3.05, 3.63) is 60.2 Å². The zero-order valence-electron chi connectivity index (χ0n) is 15.4. The molecule has 0 amide bonds. The number of hydrogen-bond donors (Lipinski definition) is 2. The maximum Gasteiger partial charge on any atom is 0.306 e. The van der Waals surface area contributed by atoms with Crippen LogP contribution in [0.5, 0.6) is 5.75 Å². The fourth-order valence-corrected chi connectivity index (χ4v) is 2.25. The fourth-order valence-electron chi connectivity index (χ4n) is 2.25. The van der Waals surface area contributed by atoms with E-state index in [2.05, 4.69) is 10.3 Å². The van der Waals surface area contributed by atoms with Gasteiger partial charge in [-0.15, -0.1) is 24.0 Å². The lowest BCUT2D eigenvalue weighted by atomic mass is 10.2. The Balaban J connectivity index is 0.00000364. The number of nitrogens with two attached hydrogens (primary N) is 1. The maximum atomic E-state index is 11.7. The van der Waals surface area contributed by atoms with E-state index in [-0.39, 0.29) is 29.9 Å². The molecule has 0 aromatic heterocycles. The molecule has 0 saturated carbocycles. The van der Waals surface area contributed by atoms with Crippen molar-refractivity contribution in [3.63, 3.8) is 0 Å². The standard InChI is InChI=1S/C20H25N3O3.HI/c1-25-18-12-10-17(11-13-18)23-20(21)22-14-6-5-9-19(24)26-15-16-7-3-2-4-8-16;/h2-4,7-8,10-13H,5-6,9,14-15H2,1H3,(H3,21,22,23);1H. The molecule has 3 N–H and O–H groups in total. The molecule has 6 nitrogen and oxygen atoms in total. The van der Waals surface area contributed by atoms with Crippen molar-refractivity contribution in [1.82, 2.24) is 0 Å². The van der Waals surface area contributed by atoms with Gasteiger partial charge in [-0.1, -0.05) is 30.3 Å². The van der Waals surface area contributed by atoms with Gasteiger partial charge in [0.25, 0.3) is 0 Å². The van der Waals surface area contributed by atoms with Crippen molar-refractivity contribution in [2.75, 3.05) is 19.0 Å². The summed E-state index contributed by atoms with van der Waals surface area (Å²) in [5, 5.41) is 3.01. The number of guanidine groups is 1. The smallest absolute Gasteiger partial charge is 0.306 e. The summed E-state index contributed by atoms with van der Waals surface area (Å²) in [5.41, 5.74) is 7.68. The van der Waals surface area contributed by atoms with E-state index in [0.717, 1.165) is 23.4 Å². The van der Waals surface area contributed by atoms with Crippen molar-refractivity contribution in [2.45, 2.75) is 25.9 Å². The Morgan fingerprint density at radius 3 is 2.44 bits per heavy atom. The molecule has 0 saturated heterocycles. The first-order valence-corrected chi connectivity index (χ1v) is 8.58. The molecule has 0 heterocycles. The molecule has 0 aliphatic heterocycles. The number of hydrogen-bond acceptors (Lipinski definition) is 4. The van der Waals surface area contributed by atoms with Gasteiger partial charge in [-0.25, -0.2) is 0 Å². The van der Waals surface area contributed by atoms with Gasteiger partial charge < -0.3 is 20.5 Å². The third-order valence-electron chi connectivity index (χ3n) is 3.68. The number of benzene rings is 2. The monoisotopic (exact) mass is 483 g/mol. The molecule has 7 heteroatoms. The van der Waals surface area contributed by atoms with Gasteiger partial charge in [-0.05, 0) is 42.7 Å². The van der Waals surface area contributed by atoms with Crippen LogP contribution in [0.3, 0.4) is 0 Å². The molecule has 0 spiro atoms. The number of rotatable bonds is 9. The van der Waals surface area contributed by atoms with Crippen LogP contribution in [0.1, 0.15) is 24.8 Å². The molecule has 2 aromatic rings. The zero-order valence-corrected chi connectivity index (χ0v) is 17.7. The van der Waals surface area contributed by atoms with E-state index < -0.39 is 0 Å². The van der Waals surface area contributed by atoms with Crippen molar-refractivity contribution in [1.29, 1.82) is 0 Å². The van der Waals surface area contributed by atoms with E-state index >= 15 is 0 Å². The molecule has 0 unspecified atom stereocenters. The minimum atomic E-state index is -0.192. The number of carbonyl (C=O) groups excluding carboxylic acids is 1. The highest BCUT2D eigenvalue weighted by molar-refractivity contribution is 14.0. The van der Waals surface area contributed by atoms with E-state index in [4.69, 9.17) is 15.2 Å². The summed E-state index contributed by atoms with van der Waals surface area (Å²) in [4.78, 5) is 16.0. The lowest BCUT2D eigenvalue weighted by molar-refractivity contribution is -0.145. The van der Waals surface area contributed by atoms with Crippen LogP contribution in [-0.4, -0.2) is 25.6 Å². The topological polar surface area (TPSA) is 85.9 Å². The lowest BCUT2D eigenvalue weighted by Crippen LogP contribution is -2.22. The summed E-state index contributed by atoms with van der Waals surface area (Å²) in [6.07, 6.45) is 1.87. The summed E-state index contributed by atoms with van der Waals surface area (Å²) in [6, 6.07) is 17.1. The number of methoxy groups -OCH3 is 1. The average molecular weight is 483 g/mol. The minimum Gasteiger partial charge on any atom is -0.497 e. The predicted molar refractivity (Wildman–Crippen MR) is 119 cm³/mol. The van der Waals surface area contributed by atoms with Crippen LogP contribution in [0, 0.1) is 0 Å². The number of unbranched alkanes of at least 4 members (excludes halogenated alkanes) is 1. The molecular formula is C20H26IN3O3. The van der Waals surface area contributed by atoms with Crippen LogP contribution in [0.25, 0.3) is 0 Å². The van der Waals surface area contributed by atoms with Crippen LogP contribution < -0.4 is 15.8 Å². The Morgan fingerprint density at radius 2 is 1.78 bits per heavy atom. The number of halogens is 1. The number of aliphatic imine (C=N–C) groups is 1. The normalized spacial score (nSPS) is 10.6. The van der Waals surface area contributed by atoms with Gasteiger partial charge in [0.2, 0.25) is 0 Å². The SMILES string of the molecule is COc1ccc(NC(N)=NCCCCC(=O)OCc2ccccc2)cc1.I. The summed E-state index contributed by atoms with van der Waals surface area (Å²) in [6.45, 7) is 0.873. The number of carbonyl (C=O) groups is 1. The lowest BCUT2D eigenvalue weighted by Gasteiger charge is -2.07. The number of nitrogens with zero attached hydrogens (tertiary/aromatic N) is 1. The summed E-state index contributed by atoms with van der Waals surface area (Å²) >= 11 is 0. The van der Waals surface area contributed by atoms with E-state index in [9.17, 15) is 4.79 Å². The average Bonchev–Trinajstić information content (AvgIpc) is 2.67. The third kappa shape index (κ3) is 9.28. The molecular weight excluding hydrogens is 457 g/mol. The van der Waals surface area contributed by atoms with Crippen LogP contribution in [0.4, 0.5) is 5.69 Å². The van der Waals surface area contributed by atoms with Crippen LogP contribution >= 0.6 is 24.0 Å². The van der Waals surface area contributed by atoms with Gasteiger partial charge in [-0.3, -0.25) is 9.79 Å². The molecule has 0 fully saturated rings. The van der Waals surface area contributed by atoms with Crippen molar-refractivity contribution < 1.29 is 14.3 Å². The highest BCUT2D eigenvalue weighted by Gasteiger charge is 2.03. The Hall–Kier alpha value is -2.29. The molecule has 27 heavy (non-hydrogen) atoms. The molecule has 0 aliphatic carbocycles. The Labute approximate surface area is 177 Å². The largest absolute Gasteiger partial charge is 0.497 e. The van der Waals surface area contributed by atoms with E-state index in [1.54, 1.807) is 7.11 Å². The summed E-state index contributed by atoms with van der Waals surface area (Å²) < 4.78 is 10.3. The molecule has 0 atom stereocenters. The zero-order chi connectivity index (χ0) is 18.6. The van der Waals surface area contributed by atoms with Gasteiger partial charge in [-0.2, -0.15) is 0 Å². The van der Waals surface area contributed by atoms with Crippen molar-refractivity contribution >= 4 is 41.6 Å². The molecule has 2 rings (SSSR count). The predicted octanol–water partition coefficient (Wildman–Crippen LogP) is 3.95. The summed E-state index contributed by atoms with van der Waals surface area (Å²) in [5.74, 6) is 0.939. The van der Waals surface area contributed by atoms with Crippen LogP contribution in [0.15, 0.2) is 59.6 Å². The molecule has 0 radical (unpaired) electrons. The van der Waals surface area contributed by atoms with E-state index in [1.165, 1.54) is 0 Å². The second-order valence-corrected chi connectivity index (χ2v) is 5.72. The van der Waals surface area contributed by atoms with E-state index in [0.29, 0.717) is 32.0 Å². The number of esters is 1. The molecule has 2 aromatic carbocycles. The van der Waals surface area contributed by atoms with Gasteiger partial charge in [0.05, 0.1) is 7.11 Å². The highest BCUT2D eigenvalue weighted by Crippen LogP contribution is 2.14. The first-order chi connectivity index (χ1) is 12.7. The second kappa shape index (κ2) is 13.0. The van der Waals surface area contributed by atoms with Crippen LogP contribution in [0.2, 0.25) is 0 Å². The first-order valence-electron chi connectivity index (χ1n) is 8.58. The third-order valence-corrected chi connectivity index (χ3v) is 3.68. The molecule has 0 aliphatic rings. The van der Waals surface area contributed by atoms with Gasteiger partial charge in [0.1, 0.15) is 12.4 Å². The summed E-state index contributed by atoms with van der Waals surface area (Å²) in [7, 11) is 1.62. The highest BCUT2D eigenvalue weighted by atomic mass is 127. The first kappa shape index (κ1) is 22.8. The fraction of sp³-hybridized carbons (Fsp3) is 0.300. The minimum absolute atomic E-state index is 0. The van der Waals surface area contributed by atoms with Gasteiger partial charge >= 0.3 is 5.97 Å². The number of anilines is 1. The Morgan fingerprint density at radius 1 is 1.07 bits per heavy atom. The van der Waals surface area contributed by atoms with E-state index in [1.807, 2.05) is 54.6 Å². The second-order valence-electron chi connectivity index (χ2n) is 5.72. The molecule has 0 bridgehead atoms. The maximum absolute atomic E-state index is 11.7. The van der Waals surface area contributed by atoms with Crippen molar-refractivity contribution in [3.8, 4) is 5.75 Å². The van der Waals surface area contributed by atoms with Gasteiger partial charge in [0, 0.05) is 18.7 Å². The number of ether oxygens (including phenoxy) is 2. The van der Waals surface area contributed by atoms with Crippen LogP contribution in [-0.2, 0) is 16.1 Å². The molecule has 146 valence electrons. The van der Waals surface area contributed by atoms with Gasteiger partial charge in [0.15, 0.2) is 5.96 Å². The number of nitrogens with one attached hydrogen (secondary N) is 1. The quantitative estimate of drug-likeness (QED) is 0.186. The van der Waals surface area contributed by atoms with Crippen molar-refractivity contribution in [2.24, 2.45) is 10.7 Å². The Bertz CT molecular complexity index is 706. The Kier molecular flexibility index (Phi) is 10.9.